The van der Waals surface area contributed by atoms with Crippen LogP contribution in [0.5, 0.6) is 0 Å². The summed E-state index contributed by atoms with van der Waals surface area (Å²) in [5.74, 6) is 0.838. The average molecular weight is 543 g/mol. The molecule has 5 rings (SSSR count). The number of hydrogen-bond acceptors (Lipinski definition) is 6. The van der Waals surface area contributed by atoms with Crippen molar-refractivity contribution in [3.05, 3.63) is 102 Å². The van der Waals surface area contributed by atoms with Crippen LogP contribution in [0.3, 0.4) is 0 Å². The average Bonchev–Trinajstić information content (AvgIpc) is 2.87. The summed E-state index contributed by atoms with van der Waals surface area (Å²) in [7, 11) is 0. The zero-order chi connectivity index (χ0) is 23.3. The molecule has 5 aromatic rings. The summed E-state index contributed by atoms with van der Waals surface area (Å²) in [4.78, 5) is 20.8. The van der Waals surface area contributed by atoms with Gasteiger partial charge in [-0.1, -0.05) is 0 Å². The van der Waals surface area contributed by atoms with Crippen LogP contribution < -0.4 is 8.83 Å². The fourth-order valence-corrected chi connectivity index (χ4v) is 7.36. The van der Waals surface area contributed by atoms with E-state index in [4.69, 9.17) is 0 Å². The Hall–Kier alpha value is -2.66. The predicted octanol–water partition coefficient (Wildman–Crippen LogP) is 4.87. The summed E-state index contributed by atoms with van der Waals surface area (Å²) in [5, 5.41) is 1.70. The van der Waals surface area contributed by atoms with Crippen molar-refractivity contribution in [2.75, 3.05) is 0 Å². The van der Waals surface area contributed by atoms with Gasteiger partial charge in [0.15, 0.2) is 0 Å². The van der Waals surface area contributed by atoms with Gasteiger partial charge in [-0.05, 0) is 0 Å². The van der Waals surface area contributed by atoms with Gasteiger partial charge in [0.25, 0.3) is 0 Å². The summed E-state index contributed by atoms with van der Waals surface area (Å²) in [6.07, 6.45) is 3.52. The molecule has 0 aliphatic rings. The minimum atomic E-state index is -0.621. The van der Waals surface area contributed by atoms with Crippen LogP contribution in [0.15, 0.2) is 100 Å². The van der Waals surface area contributed by atoms with E-state index in [0.29, 0.717) is 0 Å². The summed E-state index contributed by atoms with van der Waals surface area (Å²) < 4.78 is 2.40. The van der Waals surface area contributed by atoms with Gasteiger partial charge in [0.05, 0.1) is 0 Å². The van der Waals surface area contributed by atoms with Crippen molar-refractivity contribution >= 4 is 59.1 Å². The summed E-state index contributed by atoms with van der Waals surface area (Å²) >= 11 is 2.82. The second-order valence-electron chi connectivity index (χ2n) is 7.91. The molecule has 0 spiro atoms. The fraction of sp³-hybridized carbons (Fsp3) is 0.111. The van der Waals surface area contributed by atoms with Crippen molar-refractivity contribution in [3.8, 4) is 0 Å². The molecule has 0 bridgehead atoms. The van der Waals surface area contributed by atoms with Crippen LogP contribution in [0.4, 0.5) is 0 Å². The zero-order valence-electron chi connectivity index (χ0n) is 18.9. The quantitative estimate of drug-likeness (QED) is 0.166. The number of hydrogen-bond donors (Lipinski definition) is 0. The van der Waals surface area contributed by atoms with Crippen molar-refractivity contribution < 1.29 is 0 Å². The molecule has 3 aromatic carbocycles. The molecule has 34 heavy (non-hydrogen) atoms. The minimum absolute atomic E-state index is 0.621. The third kappa shape index (κ3) is 5.69. The fourth-order valence-electron chi connectivity index (χ4n) is 3.41. The van der Waals surface area contributed by atoms with Gasteiger partial charge in [-0.3, -0.25) is 0 Å². The molecule has 0 radical (unpaired) electrons. The zero-order valence-corrected chi connectivity index (χ0v) is 22.6. The van der Waals surface area contributed by atoms with Crippen molar-refractivity contribution in [1.29, 1.82) is 0 Å². The molecule has 1 atom stereocenters. The van der Waals surface area contributed by atoms with Crippen molar-refractivity contribution in [2.24, 2.45) is 0 Å². The Labute approximate surface area is 214 Å². The Kier molecular flexibility index (Phi) is 7.29. The SMILES string of the molecule is Cc1ccc(C)c(Sc2ccc([AsH]c3ncnc4nc(SCc5ccccc5)ncc34)cc2)c1. The Morgan fingerprint density at radius 3 is 2.50 bits per heavy atom. The molecular weight excluding hydrogens is 519 g/mol. The number of benzene rings is 3. The molecule has 0 saturated heterocycles. The van der Waals surface area contributed by atoms with Gasteiger partial charge < -0.3 is 0 Å². The summed E-state index contributed by atoms with van der Waals surface area (Å²) in [5.41, 5.74) is 4.57. The first-order valence-corrected chi connectivity index (χ1v) is 14.8. The van der Waals surface area contributed by atoms with Crippen LogP contribution in [-0.4, -0.2) is 35.7 Å². The number of rotatable bonds is 7. The van der Waals surface area contributed by atoms with Crippen LogP contribution in [0.1, 0.15) is 16.7 Å². The summed E-state index contributed by atoms with van der Waals surface area (Å²) in [6, 6.07) is 25.8. The van der Waals surface area contributed by atoms with Crippen molar-refractivity contribution in [3.63, 3.8) is 0 Å². The van der Waals surface area contributed by atoms with E-state index in [1.165, 1.54) is 30.8 Å². The molecule has 2 heterocycles. The Morgan fingerprint density at radius 2 is 1.68 bits per heavy atom. The molecule has 0 aliphatic carbocycles. The van der Waals surface area contributed by atoms with Crippen LogP contribution >= 0.6 is 23.5 Å². The molecule has 0 saturated carbocycles. The molecule has 7 heteroatoms. The summed E-state index contributed by atoms with van der Waals surface area (Å²) in [6.45, 7) is 4.30. The number of nitrogens with zero attached hydrogens (tertiary/aromatic N) is 4. The van der Waals surface area contributed by atoms with E-state index < -0.39 is 15.8 Å². The molecule has 1 unspecified atom stereocenters. The van der Waals surface area contributed by atoms with Crippen LogP contribution in [-0.2, 0) is 5.75 Å². The van der Waals surface area contributed by atoms with Gasteiger partial charge in [0.2, 0.25) is 0 Å². The van der Waals surface area contributed by atoms with E-state index in [9.17, 15) is 0 Å². The standard InChI is InChI=1S/C27H23AsN4S2/c1-18-8-9-19(2)24(14-18)34-22-12-10-21(11-13-22)28-25-23-15-29-27(32-26(23)31-17-30-25)33-16-20-6-4-3-5-7-20/h3-15,17,28H,16H2,1-2H3. The number of fused-ring (bicyclic) bond motifs is 1. The first-order chi connectivity index (χ1) is 16.6. The predicted molar refractivity (Wildman–Crippen MR) is 144 cm³/mol. The first-order valence-electron chi connectivity index (χ1n) is 10.9. The van der Waals surface area contributed by atoms with E-state index >= 15 is 0 Å². The Bertz CT molecular complexity index is 1430. The maximum absolute atomic E-state index is 4.69. The molecule has 2 aromatic heterocycles. The molecule has 168 valence electrons. The van der Waals surface area contributed by atoms with Crippen LogP contribution in [0.25, 0.3) is 11.0 Å². The Morgan fingerprint density at radius 1 is 0.853 bits per heavy atom. The maximum atomic E-state index is 4.69. The second kappa shape index (κ2) is 10.7. The molecule has 0 aliphatic heterocycles. The number of aromatic nitrogens is 4. The molecule has 0 N–H and O–H groups in total. The monoisotopic (exact) mass is 542 g/mol. The van der Waals surface area contributed by atoms with Crippen LogP contribution in [0.2, 0.25) is 0 Å². The van der Waals surface area contributed by atoms with E-state index in [2.05, 4.69) is 101 Å². The Balaban J connectivity index is 1.30. The van der Waals surface area contributed by atoms with E-state index in [-0.39, 0.29) is 0 Å². The third-order valence-electron chi connectivity index (χ3n) is 5.27. The molecule has 0 amide bonds. The van der Waals surface area contributed by atoms with Crippen molar-refractivity contribution in [2.45, 2.75) is 34.5 Å². The van der Waals surface area contributed by atoms with E-state index in [1.54, 1.807) is 18.1 Å². The van der Waals surface area contributed by atoms with Gasteiger partial charge >= 0.3 is 216 Å². The normalized spacial score (nSPS) is 11.5. The molecule has 0 fully saturated rings. The second-order valence-corrected chi connectivity index (χ2v) is 12.7. The topological polar surface area (TPSA) is 51.6 Å². The van der Waals surface area contributed by atoms with Gasteiger partial charge in [0, 0.05) is 0 Å². The third-order valence-corrected chi connectivity index (χ3v) is 10.0. The number of aryl methyl sites for hydroxylation is 2. The van der Waals surface area contributed by atoms with E-state index in [0.717, 1.165) is 26.4 Å². The van der Waals surface area contributed by atoms with E-state index in [1.807, 2.05) is 24.0 Å². The molecule has 4 nitrogen and oxygen atoms in total. The van der Waals surface area contributed by atoms with Crippen molar-refractivity contribution in [1.82, 2.24) is 19.9 Å². The van der Waals surface area contributed by atoms with Gasteiger partial charge in [-0.25, -0.2) is 0 Å². The van der Waals surface area contributed by atoms with Gasteiger partial charge in [-0.2, -0.15) is 0 Å². The van der Waals surface area contributed by atoms with Gasteiger partial charge in [0.1, 0.15) is 0 Å². The van der Waals surface area contributed by atoms with Crippen LogP contribution in [0, 0.1) is 13.8 Å². The van der Waals surface area contributed by atoms with Gasteiger partial charge in [-0.15, -0.1) is 0 Å². The first kappa shape index (κ1) is 23.1. The molecular formula is C27H23AsN4S2. The number of thioether (sulfide) groups is 1.